The highest BCUT2D eigenvalue weighted by atomic mass is 16.5. The van der Waals surface area contributed by atoms with Crippen molar-refractivity contribution in [3.8, 4) is 0 Å². The number of likely N-dealkylation sites (tertiary alicyclic amines) is 1. The summed E-state index contributed by atoms with van der Waals surface area (Å²) in [6.45, 7) is 3.22. The van der Waals surface area contributed by atoms with Crippen LogP contribution < -0.4 is 5.73 Å². The standard InChI is InChI=1S/C15H19N5O2/c1-10-7-13(22-19-10)15(21)20-6-2-3-11(9-20)8-12-14(16)18-5-4-17-12/h4-5,7,11H,2-3,6,8-9H2,1H3,(H2,16,18)/t11-/m1/s1. The lowest BCUT2D eigenvalue weighted by Gasteiger charge is -2.32. The minimum absolute atomic E-state index is 0.0996. The van der Waals surface area contributed by atoms with Gasteiger partial charge in [-0.05, 0) is 32.1 Å². The van der Waals surface area contributed by atoms with Crippen molar-refractivity contribution in [3.05, 3.63) is 35.6 Å². The summed E-state index contributed by atoms with van der Waals surface area (Å²) in [6, 6.07) is 1.67. The molecule has 0 aliphatic carbocycles. The number of amides is 1. The lowest BCUT2D eigenvalue weighted by atomic mass is 9.93. The number of carbonyl (C=O) groups excluding carboxylic acids is 1. The zero-order valence-electron chi connectivity index (χ0n) is 12.5. The van der Waals surface area contributed by atoms with E-state index in [1.54, 1.807) is 25.4 Å². The molecule has 116 valence electrons. The Morgan fingerprint density at radius 1 is 1.45 bits per heavy atom. The van der Waals surface area contributed by atoms with Crippen molar-refractivity contribution in [1.82, 2.24) is 20.0 Å². The fraction of sp³-hybridized carbons (Fsp3) is 0.467. The summed E-state index contributed by atoms with van der Waals surface area (Å²) in [6.07, 6.45) is 5.98. The molecule has 1 aliphatic heterocycles. The Bertz CT molecular complexity index is 669. The summed E-state index contributed by atoms with van der Waals surface area (Å²) in [7, 11) is 0. The average Bonchev–Trinajstić information content (AvgIpc) is 2.96. The summed E-state index contributed by atoms with van der Waals surface area (Å²) < 4.78 is 5.07. The van der Waals surface area contributed by atoms with E-state index in [-0.39, 0.29) is 5.91 Å². The van der Waals surface area contributed by atoms with Crippen LogP contribution >= 0.6 is 0 Å². The maximum absolute atomic E-state index is 12.4. The number of rotatable bonds is 3. The Balaban J connectivity index is 1.67. The highest BCUT2D eigenvalue weighted by molar-refractivity contribution is 5.91. The van der Waals surface area contributed by atoms with Crippen molar-refractivity contribution in [2.75, 3.05) is 18.8 Å². The largest absolute Gasteiger partial charge is 0.382 e. The number of nitrogens with zero attached hydrogens (tertiary/aromatic N) is 4. The van der Waals surface area contributed by atoms with Crippen LogP contribution in [0.4, 0.5) is 5.82 Å². The van der Waals surface area contributed by atoms with E-state index in [1.807, 2.05) is 4.90 Å². The predicted molar refractivity (Wildman–Crippen MR) is 80.0 cm³/mol. The van der Waals surface area contributed by atoms with Gasteiger partial charge in [-0.2, -0.15) is 0 Å². The van der Waals surface area contributed by atoms with Gasteiger partial charge in [0.2, 0.25) is 5.76 Å². The molecule has 7 nitrogen and oxygen atoms in total. The molecule has 0 aromatic carbocycles. The molecule has 0 unspecified atom stereocenters. The Kier molecular flexibility index (Phi) is 4.04. The van der Waals surface area contributed by atoms with E-state index < -0.39 is 0 Å². The summed E-state index contributed by atoms with van der Waals surface area (Å²) in [4.78, 5) is 22.6. The number of nitrogen functional groups attached to an aromatic ring is 1. The molecule has 1 aliphatic rings. The molecule has 1 atom stereocenters. The summed E-state index contributed by atoms with van der Waals surface area (Å²) in [5, 5.41) is 3.77. The first-order chi connectivity index (χ1) is 10.6. The minimum Gasteiger partial charge on any atom is -0.382 e. The maximum Gasteiger partial charge on any atom is 0.292 e. The molecule has 0 bridgehead atoms. The molecular formula is C15H19N5O2. The van der Waals surface area contributed by atoms with E-state index in [0.29, 0.717) is 29.7 Å². The molecule has 1 fully saturated rings. The zero-order chi connectivity index (χ0) is 15.5. The van der Waals surface area contributed by atoms with Crippen LogP contribution in [0.3, 0.4) is 0 Å². The minimum atomic E-state index is -0.0996. The Morgan fingerprint density at radius 3 is 3.00 bits per heavy atom. The van der Waals surface area contributed by atoms with Gasteiger partial charge in [-0.1, -0.05) is 5.16 Å². The normalized spacial score (nSPS) is 18.4. The zero-order valence-corrected chi connectivity index (χ0v) is 12.5. The number of aromatic nitrogens is 3. The van der Waals surface area contributed by atoms with Crippen molar-refractivity contribution in [1.29, 1.82) is 0 Å². The Labute approximate surface area is 128 Å². The smallest absolute Gasteiger partial charge is 0.292 e. The molecule has 3 rings (SSSR count). The molecule has 0 radical (unpaired) electrons. The van der Waals surface area contributed by atoms with E-state index >= 15 is 0 Å². The molecule has 7 heteroatoms. The lowest BCUT2D eigenvalue weighted by Crippen LogP contribution is -2.40. The first kappa shape index (κ1) is 14.5. The van der Waals surface area contributed by atoms with Gasteiger partial charge in [0.1, 0.15) is 5.82 Å². The first-order valence-corrected chi connectivity index (χ1v) is 7.41. The third-order valence-electron chi connectivity index (χ3n) is 3.93. The van der Waals surface area contributed by atoms with Crippen LogP contribution in [0.25, 0.3) is 0 Å². The quantitative estimate of drug-likeness (QED) is 0.921. The number of piperidine rings is 1. The molecule has 22 heavy (non-hydrogen) atoms. The van der Waals surface area contributed by atoms with Crippen LogP contribution in [0, 0.1) is 12.8 Å². The predicted octanol–water partition coefficient (Wildman–Crippen LogP) is 1.45. The second-order valence-corrected chi connectivity index (χ2v) is 5.68. The molecule has 2 aromatic heterocycles. The third kappa shape index (κ3) is 3.08. The topological polar surface area (TPSA) is 98.1 Å². The number of nitrogens with two attached hydrogens (primary N) is 1. The number of hydrogen-bond donors (Lipinski definition) is 1. The van der Waals surface area contributed by atoms with Crippen LogP contribution in [-0.2, 0) is 6.42 Å². The number of hydrogen-bond acceptors (Lipinski definition) is 6. The molecule has 1 amide bonds. The summed E-state index contributed by atoms with van der Waals surface area (Å²) in [5.74, 6) is 1.01. The van der Waals surface area contributed by atoms with Crippen molar-refractivity contribution in [2.45, 2.75) is 26.2 Å². The van der Waals surface area contributed by atoms with Crippen LogP contribution in [0.5, 0.6) is 0 Å². The van der Waals surface area contributed by atoms with Crippen LogP contribution in [0.15, 0.2) is 23.0 Å². The van der Waals surface area contributed by atoms with Gasteiger partial charge in [0.05, 0.1) is 11.4 Å². The monoisotopic (exact) mass is 301 g/mol. The van der Waals surface area contributed by atoms with Crippen molar-refractivity contribution < 1.29 is 9.32 Å². The number of anilines is 1. The molecule has 2 N–H and O–H groups in total. The molecule has 2 aromatic rings. The fourth-order valence-electron chi connectivity index (χ4n) is 2.84. The maximum atomic E-state index is 12.4. The van der Waals surface area contributed by atoms with Gasteiger partial charge in [0.25, 0.3) is 5.91 Å². The second-order valence-electron chi connectivity index (χ2n) is 5.68. The highest BCUT2D eigenvalue weighted by Crippen LogP contribution is 2.23. The molecule has 0 spiro atoms. The molecule has 1 saturated heterocycles. The van der Waals surface area contributed by atoms with Gasteiger partial charge in [-0.25, -0.2) is 4.98 Å². The van der Waals surface area contributed by atoms with Crippen molar-refractivity contribution >= 4 is 11.7 Å². The molecule has 0 saturated carbocycles. The number of aryl methyl sites for hydroxylation is 1. The van der Waals surface area contributed by atoms with Gasteiger partial charge in [0, 0.05) is 31.5 Å². The van der Waals surface area contributed by atoms with Crippen LogP contribution in [-0.4, -0.2) is 39.0 Å². The van der Waals surface area contributed by atoms with Gasteiger partial charge < -0.3 is 15.2 Å². The van der Waals surface area contributed by atoms with Crippen molar-refractivity contribution in [3.63, 3.8) is 0 Å². The Morgan fingerprint density at radius 2 is 2.27 bits per heavy atom. The van der Waals surface area contributed by atoms with Crippen molar-refractivity contribution in [2.24, 2.45) is 5.92 Å². The SMILES string of the molecule is Cc1cc(C(=O)N2CCC[C@H](Cc3nccnc3N)C2)on1. The van der Waals surface area contributed by atoms with E-state index in [2.05, 4.69) is 15.1 Å². The lowest BCUT2D eigenvalue weighted by molar-refractivity contribution is 0.0631. The van der Waals surface area contributed by atoms with Gasteiger partial charge >= 0.3 is 0 Å². The van der Waals surface area contributed by atoms with E-state index in [0.717, 1.165) is 31.5 Å². The van der Waals surface area contributed by atoms with Crippen LogP contribution in [0.2, 0.25) is 0 Å². The van der Waals surface area contributed by atoms with Gasteiger partial charge in [-0.3, -0.25) is 9.78 Å². The Hall–Kier alpha value is -2.44. The number of carbonyl (C=O) groups is 1. The van der Waals surface area contributed by atoms with Gasteiger partial charge in [-0.15, -0.1) is 0 Å². The van der Waals surface area contributed by atoms with E-state index in [1.165, 1.54) is 0 Å². The van der Waals surface area contributed by atoms with Crippen LogP contribution in [0.1, 0.15) is 34.8 Å². The summed E-state index contributed by atoms with van der Waals surface area (Å²) >= 11 is 0. The third-order valence-corrected chi connectivity index (χ3v) is 3.93. The fourth-order valence-corrected chi connectivity index (χ4v) is 2.84. The first-order valence-electron chi connectivity index (χ1n) is 7.41. The van der Waals surface area contributed by atoms with E-state index in [9.17, 15) is 4.79 Å². The molecular weight excluding hydrogens is 282 g/mol. The molecule has 3 heterocycles. The average molecular weight is 301 g/mol. The van der Waals surface area contributed by atoms with E-state index in [4.69, 9.17) is 10.3 Å². The summed E-state index contributed by atoms with van der Waals surface area (Å²) in [5.41, 5.74) is 7.36. The second kappa shape index (κ2) is 6.13. The highest BCUT2D eigenvalue weighted by Gasteiger charge is 2.27. The van der Waals surface area contributed by atoms with Gasteiger partial charge in [0.15, 0.2) is 0 Å².